The predicted octanol–water partition coefficient (Wildman–Crippen LogP) is 4.52. The van der Waals surface area contributed by atoms with Crippen molar-refractivity contribution in [2.24, 2.45) is 5.16 Å². The molecule has 0 saturated heterocycles. The van der Waals surface area contributed by atoms with E-state index in [1.807, 2.05) is 24.3 Å². The lowest BCUT2D eigenvalue weighted by molar-refractivity contribution is -0.173. The third-order valence-electron chi connectivity index (χ3n) is 3.46. The number of benzene rings is 1. The number of rotatable bonds is 4. The van der Waals surface area contributed by atoms with Crippen LogP contribution in [0.2, 0.25) is 0 Å². The molecule has 1 saturated carbocycles. The quantitative estimate of drug-likeness (QED) is 0.588. The molecule has 1 aromatic rings. The molecule has 0 atom stereocenters. The summed E-state index contributed by atoms with van der Waals surface area (Å²) in [6.45, 7) is -1.38. The van der Waals surface area contributed by atoms with Crippen molar-refractivity contribution < 1.29 is 18.0 Å². The van der Waals surface area contributed by atoms with Crippen LogP contribution in [-0.4, -0.2) is 19.0 Å². The fraction of sp³-hybridized carbons (Fsp3) is 0.533. The van der Waals surface area contributed by atoms with Crippen molar-refractivity contribution in [1.29, 1.82) is 0 Å². The standard InChI is InChI=1S/C15H17F3NO/c16-15(17,18)11-20-19-10-13-8-4-5-9-14(13)12-6-2-1-3-7-12/h4-5,8-9,12H,1-3,6-7,11H2. The van der Waals surface area contributed by atoms with E-state index in [0.717, 1.165) is 24.0 Å². The summed E-state index contributed by atoms with van der Waals surface area (Å²) in [5.74, 6) is 0.449. The lowest BCUT2D eigenvalue weighted by Crippen LogP contribution is -2.15. The van der Waals surface area contributed by atoms with Gasteiger partial charge in [0.1, 0.15) is 6.21 Å². The van der Waals surface area contributed by atoms with Gasteiger partial charge in [0.25, 0.3) is 0 Å². The Kier molecular flexibility index (Phi) is 5.04. The molecule has 1 aromatic carbocycles. The molecule has 0 heterocycles. The van der Waals surface area contributed by atoms with Crippen LogP contribution in [0.1, 0.15) is 49.1 Å². The molecule has 1 aliphatic carbocycles. The summed E-state index contributed by atoms with van der Waals surface area (Å²) in [6, 6.07) is 7.57. The average Bonchev–Trinajstić information content (AvgIpc) is 2.44. The van der Waals surface area contributed by atoms with Crippen LogP contribution in [0.3, 0.4) is 0 Å². The average molecular weight is 284 g/mol. The van der Waals surface area contributed by atoms with E-state index >= 15 is 0 Å². The minimum atomic E-state index is -4.37. The second-order valence-corrected chi connectivity index (χ2v) is 5.01. The summed E-state index contributed by atoms with van der Waals surface area (Å²) in [7, 11) is 0. The van der Waals surface area contributed by atoms with Gasteiger partial charge in [-0.15, -0.1) is 0 Å². The topological polar surface area (TPSA) is 21.6 Å². The molecule has 1 aliphatic rings. The Morgan fingerprint density at radius 1 is 1.15 bits per heavy atom. The predicted molar refractivity (Wildman–Crippen MR) is 70.8 cm³/mol. The summed E-state index contributed by atoms with van der Waals surface area (Å²) in [5, 5.41) is 3.31. The van der Waals surface area contributed by atoms with Gasteiger partial charge >= 0.3 is 6.18 Å². The van der Waals surface area contributed by atoms with E-state index < -0.39 is 12.8 Å². The Labute approximate surface area is 116 Å². The summed E-state index contributed by atoms with van der Waals surface area (Å²) in [4.78, 5) is 4.23. The number of hydrogen-bond acceptors (Lipinski definition) is 2. The molecular formula is C15H17F3NO. The van der Waals surface area contributed by atoms with E-state index in [0.29, 0.717) is 5.92 Å². The maximum Gasteiger partial charge on any atom is 0.425 e. The zero-order chi connectivity index (χ0) is 14.4. The molecule has 109 valence electrons. The van der Waals surface area contributed by atoms with Gasteiger partial charge in [-0.1, -0.05) is 48.7 Å². The summed E-state index contributed by atoms with van der Waals surface area (Å²) >= 11 is 0. The molecule has 0 amide bonds. The van der Waals surface area contributed by atoms with Crippen LogP contribution in [0.5, 0.6) is 0 Å². The molecule has 0 spiro atoms. The van der Waals surface area contributed by atoms with Crippen molar-refractivity contribution in [3.63, 3.8) is 0 Å². The van der Waals surface area contributed by atoms with Crippen LogP contribution in [0.25, 0.3) is 0 Å². The monoisotopic (exact) mass is 284 g/mol. The fourth-order valence-corrected chi connectivity index (χ4v) is 2.56. The van der Waals surface area contributed by atoms with E-state index in [1.54, 1.807) is 0 Å². The summed E-state index contributed by atoms with van der Waals surface area (Å²) in [5.41, 5.74) is 1.83. The van der Waals surface area contributed by atoms with Crippen LogP contribution < -0.4 is 0 Å². The fourth-order valence-electron chi connectivity index (χ4n) is 2.56. The Balaban J connectivity index is 2.02. The van der Waals surface area contributed by atoms with Gasteiger partial charge in [-0.3, -0.25) is 0 Å². The molecule has 0 unspecified atom stereocenters. The molecule has 2 rings (SSSR count). The van der Waals surface area contributed by atoms with E-state index in [2.05, 4.69) is 16.2 Å². The van der Waals surface area contributed by atoms with Gasteiger partial charge in [0.15, 0.2) is 0 Å². The molecular weight excluding hydrogens is 267 g/mol. The molecule has 20 heavy (non-hydrogen) atoms. The van der Waals surface area contributed by atoms with Gasteiger partial charge in [0.05, 0.1) is 0 Å². The summed E-state index contributed by atoms with van der Waals surface area (Å²) in [6.07, 6.45) is 4.09. The second kappa shape index (κ2) is 6.77. The minimum absolute atomic E-state index is 0.449. The van der Waals surface area contributed by atoms with Gasteiger partial charge in [-0.2, -0.15) is 13.2 Å². The Morgan fingerprint density at radius 2 is 1.85 bits per heavy atom. The number of nitrogens with zero attached hydrogens (tertiary/aromatic N) is 1. The highest BCUT2D eigenvalue weighted by Crippen LogP contribution is 2.33. The van der Waals surface area contributed by atoms with Crippen LogP contribution in [0.15, 0.2) is 29.4 Å². The summed E-state index contributed by atoms with van der Waals surface area (Å²) < 4.78 is 35.8. The molecule has 5 heteroatoms. The van der Waals surface area contributed by atoms with Crippen molar-refractivity contribution >= 4 is 6.21 Å². The SMILES string of the molecule is FC(F)(F)CO/N=[C]\c1ccccc1C1CCCCC1. The molecule has 1 fully saturated rings. The van der Waals surface area contributed by atoms with Gasteiger partial charge in [0, 0.05) is 5.56 Å². The smallest absolute Gasteiger partial charge is 0.386 e. The van der Waals surface area contributed by atoms with Crippen molar-refractivity contribution in [3.8, 4) is 0 Å². The molecule has 0 aliphatic heterocycles. The van der Waals surface area contributed by atoms with Crippen LogP contribution >= 0.6 is 0 Å². The van der Waals surface area contributed by atoms with Gasteiger partial charge in [0.2, 0.25) is 6.61 Å². The van der Waals surface area contributed by atoms with Crippen LogP contribution in [-0.2, 0) is 4.84 Å². The Hall–Kier alpha value is -1.52. The molecule has 1 radical (unpaired) electrons. The first-order valence-electron chi connectivity index (χ1n) is 6.80. The first kappa shape index (κ1) is 14.9. The Bertz CT molecular complexity index is 451. The zero-order valence-corrected chi connectivity index (χ0v) is 11.1. The number of hydrogen-bond donors (Lipinski definition) is 0. The van der Waals surface area contributed by atoms with Gasteiger partial charge in [-0.05, 0) is 24.3 Å². The maximum atomic E-state index is 11.9. The third kappa shape index (κ3) is 4.54. The first-order chi connectivity index (χ1) is 9.56. The maximum absolute atomic E-state index is 11.9. The van der Waals surface area contributed by atoms with Crippen molar-refractivity contribution in [3.05, 3.63) is 35.4 Å². The van der Waals surface area contributed by atoms with Gasteiger partial charge < -0.3 is 4.84 Å². The van der Waals surface area contributed by atoms with E-state index in [1.165, 1.54) is 19.3 Å². The van der Waals surface area contributed by atoms with Crippen LogP contribution in [0.4, 0.5) is 13.2 Å². The molecule has 0 bridgehead atoms. The third-order valence-corrected chi connectivity index (χ3v) is 3.46. The van der Waals surface area contributed by atoms with Crippen molar-refractivity contribution in [2.45, 2.75) is 44.2 Å². The lowest BCUT2D eigenvalue weighted by Gasteiger charge is -2.23. The van der Waals surface area contributed by atoms with Crippen molar-refractivity contribution in [2.75, 3.05) is 6.61 Å². The lowest BCUT2D eigenvalue weighted by atomic mass is 9.82. The normalized spacial score (nSPS) is 17.6. The highest BCUT2D eigenvalue weighted by atomic mass is 19.4. The van der Waals surface area contributed by atoms with Crippen LogP contribution in [0, 0.1) is 0 Å². The van der Waals surface area contributed by atoms with Crippen molar-refractivity contribution in [1.82, 2.24) is 0 Å². The largest absolute Gasteiger partial charge is 0.425 e. The second-order valence-electron chi connectivity index (χ2n) is 5.01. The highest BCUT2D eigenvalue weighted by Gasteiger charge is 2.28. The van der Waals surface area contributed by atoms with E-state index in [-0.39, 0.29) is 0 Å². The number of halogens is 3. The number of alkyl halides is 3. The molecule has 2 nitrogen and oxygen atoms in total. The van der Waals surface area contributed by atoms with E-state index in [4.69, 9.17) is 0 Å². The van der Waals surface area contributed by atoms with E-state index in [9.17, 15) is 13.2 Å². The molecule has 0 aromatic heterocycles. The molecule has 0 N–H and O–H groups in total. The zero-order valence-electron chi connectivity index (χ0n) is 11.1. The minimum Gasteiger partial charge on any atom is -0.386 e. The highest BCUT2D eigenvalue weighted by molar-refractivity contribution is 5.81. The Morgan fingerprint density at radius 3 is 2.55 bits per heavy atom. The van der Waals surface area contributed by atoms with Gasteiger partial charge in [-0.25, -0.2) is 0 Å². The first-order valence-corrected chi connectivity index (χ1v) is 6.80.